The third-order valence-corrected chi connectivity index (χ3v) is 2.53. The standard InChI is InChI=1S/C12H12F3NO5/c13-12(14,15)8-4-5-10(9(7-8)16(19)20)21-6-2-1-3-11(17)18/h4-5,7H,1-3,6H2,(H,17,18). The quantitative estimate of drug-likeness (QED) is 0.474. The van der Waals surface area contributed by atoms with Gasteiger partial charge in [0.05, 0.1) is 17.1 Å². The highest BCUT2D eigenvalue weighted by Crippen LogP contribution is 2.36. The molecule has 0 saturated carbocycles. The molecule has 21 heavy (non-hydrogen) atoms. The Morgan fingerprint density at radius 2 is 2.00 bits per heavy atom. The third-order valence-electron chi connectivity index (χ3n) is 2.53. The summed E-state index contributed by atoms with van der Waals surface area (Å²) in [5, 5.41) is 19.2. The summed E-state index contributed by atoms with van der Waals surface area (Å²) in [6.45, 7) is -0.0144. The van der Waals surface area contributed by atoms with Gasteiger partial charge in [0.1, 0.15) is 0 Å². The second kappa shape index (κ2) is 6.91. The van der Waals surface area contributed by atoms with Crippen molar-refractivity contribution in [3.63, 3.8) is 0 Å². The Morgan fingerprint density at radius 3 is 2.52 bits per heavy atom. The van der Waals surface area contributed by atoms with Gasteiger partial charge >= 0.3 is 17.8 Å². The van der Waals surface area contributed by atoms with Crippen LogP contribution in [0.3, 0.4) is 0 Å². The first-order chi connectivity index (χ1) is 9.71. The Bertz CT molecular complexity index is 530. The molecular formula is C12H12F3NO5. The largest absolute Gasteiger partial charge is 0.487 e. The van der Waals surface area contributed by atoms with Crippen LogP contribution in [0.1, 0.15) is 24.8 Å². The van der Waals surface area contributed by atoms with E-state index in [-0.39, 0.29) is 18.8 Å². The number of alkyl halides is 3. The van der Waals surface area contributed by atoms with Crippen LogP contribution in [0.15, 0.2) is 18.2 Å². The Balaban J connectivity index is 2.74. The van der Waals surface area contributed by atoms with E-state index < -0.39 is 28.3 Å². The number of nitro groups is 1. The molecule has 0 bridgehead atoms. The van der Waals surface area contributed by atoms with Crippen molar-refractivity contribution in [2.45, 2.75) is 25.4 Å². The van der Waals surface area contributed by atoms with Crippen LogP contribution in [0.4, 0.5) is 18.9 Å². The summed E-state index contributed by atoms with van der Waals surface area (Å²) in [6.07, 6.45) is -4.11. The second-order valence-corrected chi connectivity index (χ2v) is 4.14. The molecule has 6 nitrogen and oxygen atoms in total. The maximum atomic E-state index is 12.5. The van der Waals surface area contributed by atoms with Crippen LogP contribution in [-0.4, -0.2) is 22.6 Å². The van der Waals surface area contributed by atoms with Crippen molar-refractivity contribution < 1.29 is 32.7 Å². The first kappa shape index (κ1) is 16.7. The number of aliphatic carboxylic acids is 1. The van der Waals surface area contributed by atoms with E-state index in [0.717, 1.165) is 6.07 Å². The first-order valence-electron chi connectivity index (χ1n) is 5.92. The monoisotopic (exact) mass is 307 g/mol. The van der Waals surface area contributed by atoms with Crippen LogP contribution < -0.4 is 4.74 Å². The molecule has 1 rings (SSSR count). The van der Waals surface area contributed by atoms with Gasteiger partial charge in [0.25, 0.3) is 0 Å². The van der Waals surface area contributed by atoms with Crippen LogP contribution >= 0.6 is 0 Å². The Hall–Kier alpha value is -2.32. The molecule has 0 aliphatic heterocycles. The van der Waals surface area contributed by atoms with Crippen molar-refractivity contribution in [2.24, 2.45) is 0 Å². The van der Waals surface area contributed by atoms with E-state index in [9.17, 15) is 28.1 Å². The van der Waals surface area contributed by atoms with E-state index in [2.05, 4.69) is 0 Å². The summed E-state index contributed by atoms with van der Waals surface area (Å²) >= 11 is 0. The lowest BCUT2D eigenvalue weighted by atomic mass is 10.2. The topological polar surface area (TPSA) is 89.7 Å². The van der Waals surface area contributed by atoms with Gasteiger partial charge in [0, 0.05) is 12.5 Å². The number of carbonyl (C=O) groups is 1. The minimum absolute atomic E-state index is 0.0144. The van der Waals surface area contributed by atoms with E-state index >= 15 is 0 Å². The summed E-state index contributed by atoms with van der Waals surface area (Å²) in [6, 6.07) is 1.99. The fraction of sp³-hybridized carbons (Fsp3) is 0.417. The van der Waals surface area contributed by atoms with Gasteiger partial charge in [0.2, 0.25) is 0 Å². The molecule has 0 aliphatic carbocycles. The predicted molar refractivity (Wildman–Crippen MR) is 65.1 cm³/mol. The lowest BCUT2D eigenvalue weighted by Crippen LogP contribution is -2.07. The second-order valence-electron chi connectivity index (χ2n) is 4.14. The SMILES string of the molecule is O=C(O)CCCCOc1ccc(C(F)(F)F)cc1[N+](=O)[O-]. The summed E-state index contributed by atoms with van der Waals surface area (Å²) in [7, 11) is 0. The van der Waals surface area contributed by atoms with E-state index in [1.807, 2.05) is 0 Å². The van der Waals surface area contributed by atoms with Gasteiger partial charge in [-0.3, -0.25) is 14.9 Å². The van der Waals surface area contributed by atoms with Gasteiger partial charge < -0.3 is 9.84 Å². The Morgan fingerprint density at radius 1 is 1.33 bits per heavy atom. The van der Waals surface area contributed by atoms with Crippen molar-refractivity contribution in [3.8, 4) is 5.75 Å². The maximum Gasteiger partial charge on any atom is 0.416 e. The number of hydrogen-bond donors (Lipinski definition) is 1. The predicted octanol–water partition coefficient (Wildman–Crippen LogP) is 3.25. The molecule has 0 spiro atoms. The smallest absolute Gasteiger partial charge is 0.416 e. The van der Waals surface area contributed by atoms with Crippen LogP contribution in [0.5, 0.6) is 5.75 Å². The number of nitrogens with zero attached hydrogens (tertiary/aromatic N) is 1. The first-order valence-corrected chi connectivity index (χ1v) is 5.92. The van der Waals surface area contributed by atoms with Gasteiger partial charge in [-0.2, -0.15) is 13.2 Å². The van der Waals surface area contributed by atoms with Crippen molar-refractivity contribution in [2.75, 3.05) is 6.61 Å². The number of benzene rings is 1. The molecule has 0 saturated heterocycles. The molecule has 0 atom stereocenters. The minimum atomic E-state index is -4.68. The lowest BCUT2D eigenvalue weighted by molar-refractivity contribution is -0.386. The minimum Gasteiger partial charge on any atom is -0.487 e. The van der Waals surface area contributed by atoms with E-state index in [1.165, 1.54) is 0 Å². The molecule has 0 amide bonds. The molecule has 9 heteroatoms. The van der Waals surface area contributed by atoms with Gasteiger partial charge in [-0.25, -0.2) is 0 Å². The average molecular weight is 307 g/mol. The number of carboxylic acid groups (broad SMARTS) is 1. The van der Waals surface area contributed by atoms with Crippen molar-refractivity contribution in [1.82, 2.24) is 0 Å². The van der Waals surface area contributed by atoms with Crippen LogP contribution in [0.25, 0.3) is 0 Å². The summed E-state index contributed by atoms with van der Waals surface area (Å²) in [5.41, 5.74) is -1.91. The molecule has 0 fully saturated rings. The zero-order valence-corrected chi connectivity index (χ0v) is 10.7. The molecular weight excluding hydrogens is 295 g/mol. The highest BCUT2D eigenvalue weighted by molar-refractivity contribution is 5.66. The van der Waals surface area contributed by atoms with E-state index in [4.69, 9.17) is 9.84 Å². The van der Waals surface area contributed by atoms with Crippen LogP contribution in [-0.2, 0) is 11.0 Å². The highest BCUT2D eigenvalue weighted by atomic mass is 19.4. The third kappa shape index (κ3) is 5.28. The molecule has 0 heterocycles. The number of rotatable bonds is 7. The molecule has 1 N–H and O–H groups in total. The number of carboxylic acids is 1. The van der Waals surface area contributed by atoms with Gasteiger partial charge in [0.15, 0.2) is 5.75 Å². The summed E-state index contributed by atoms with van der Waals surface area (Å²) in [4.78, 5) is 20.1. The molecule has 0 aromatic heterocycles. The fourth-order valence-electron chi connectivity index (χ4n) is 1.52. The highest BCUT2D eigenvalue weighted by Gasteiger charge is 2.33. The number of hydrogen-bond acceptors (Lipinski definition) is 4. The lowest BCUT2D eigenvalue weighted by Gasteiger charge is -2.10. The number of halogens is 3. The van der Waals surface area contributed by atoms with Crippen LogP contribution in [0, 0.1) is 10.1 Å². The normalized spacial score (nSPS) is 11.2. The number of unbranched alkanes of at least 4 members (excludes halogenated alkanes) is 1. The Labute approximate surface area is 117 Å². The maximum absolute atomic E-state index is 12.5. The van der Waals surface area contributed by atoms with Gasteiger partial charge in [-0.05, 0) is 25.0 Å². The fourth-order valence-corrected chi connectivity index (χ4v) is 1.52. The Kier molecular flexibility index (Phi) is 5.51. The zero-order chi connectivity index (χ0) is 16.0. The van der Waals surface area contributed by atoms with Gasteiger partial charge in [-0.15, -0.1) is 0 Å². The molecule has 1 aromatic rings. The van der Waals surface area contributed by atoms with Crippen molar-refractivity contribution >= 4 is 11.7 Å². The van der Waals surface area contributed by atoms with E-state index in [1.54, 1.807) is 0 Å². The average Bonchev–Trinajstić information content (AvgIpc) is 2.36. The number of nitro benzene ring substituents is 1. The van der Waals surface area contributed by atoms with E-state index in [0.29, 0.717) is 25.0 Å². The van der Waals surface area contributed by atoms with Crippen molar-refractivity contribution in [1.29, 1.82) is 0 Å². The molecule has 0 radical (unpaired) electrons. The molecule has 0 unspecified atom stereocenters. The molecule has 0 aliphatic rings. The summed E-state index contributed by atoms with van der Waals surface area (Å²) < 4.78 is 42.5. The van der Waals surface area contributed by atoms with Crippen LogP contribution in [0.2, 0.25) is 0 Å². The summed E-state index contributed by atoms with van der Waals surface area (Å²) in [5.74, 6) is -1.25. The van der Waals surface area contributed by atoms with Crippen molar-refractivity contribution in [3.05, 3.63) is 33.9 Å². The van der Waals surface area contributed by atoms with Gasteiger partial charge in [-0.1, -0.05) is 0 Å². The molecule has 1 aromatic carbocycles. The molecule has 116 valence electrons. The zero-order valence-electron chi connectivity index (χ0n) is 10.7. The number of ether oxygens (including phenoxy) is 1.